The van der Waals surface area contributed by atoms with Gasteiger partial charge in [-0.25, -0.2) is 4.98 Å². The van der Waals surface area contributed by atoms with Crippen LogP contribution in [0.3, 0.4) is 0 Å². The molecule has 2 heterocycles. The number of para-hydroxylation sites is 2. The molecule has 7 nitrogen and oxygen atoms in total. The quantitative estimate of drug-likeness (QED) is 0.539. The average molecular weight is 394 g/mol. The molecule has 3 rings (SSSR count). The first kappa shape index (κ1) is 20.4. The monoisotopic (exact) mass is 394 g/mol. The van der Waals surface area contributed by atoms with Crippen molar-refractivity contribution in [3.8, 4) is 5.75 Å². The largest absolute Gasteiger partial charge is 0.492 e. The number of nitrogens with one attached hydrogen (secondary N) is 2. The van der Waals surface area contributed by atoms with E-state index in [2.05, 4.69) is 22.5 Å². The minimum absolute atomic E-state index is 0.144. The van der Waals surface area contributed by atoms with Crippen LogP contribution in [-0.4, -0.2) is 34.4 Å². The van der Waals surface area contributed by atoms with Crippen LogP contribution in [0.1, 0.15) is 54.2 Å². The van der Waals surface area contributed by atoms with Gasteiger partial charge in [-0.3, -0.25) is 14.0 Å². The van der Waals surface area contributed by atoms with Gasteiger partial charge >= 0.3 is 0 Å². The van der Waals surface area contributed by atoms with E-state index < -0.39 is 5.91 Å². The zero-order valence-corrected chi connectivity index (χ0v) is 16.8. The second-order valence-corrected chi connectivity index (χ2v) is 6.59. The molecule has 2 aromatic heterocycles. The SMILES string of the molecule is CCCCCNC(=O)c1nc(C(=O)Nc2ccccc2OCC)n2ccccc12. The van der Waals surface area contributed by atoms with Crippen LogP contribution in [0.2, 0.25) is 0 Å². The van der Waals surface area contributed by atoms with Gasteiger partial charge in [0.15, 0.2) is 5.69 Å². The van der Waals surface area contributed by atoms with Gasteiger partial charge < -0.3 is 15.4 Å². The molecule has 0 aliphatic heterocycles. The van der Waals surface area contributed by atoms with Gasteiger partial charge in [-0.15, -0.1) is 0 Å². The Morgan fingerprint density at radius 3 is 2.62 bits per heavy atom. The Hall–Kier alpha value is -3.35. The molecule has 0 saturated carbocycles. The number of hydrogen-bond donors (Lipinski definition) is 2. The summed E-state index contributed by atoms with van der Waals surface area (Å²) in [6, 6.07) is 12.6. The van der Waals surface area contributed by atoms with E-state index in [1.54, 1.807) is 34.9 Å². The van der Waals surface area contributed by atoms with Crippen LogP contribution >= 0.6 is 0 Å². The molecule has 152 valence electrons. The smallest absolute Gasteiger partial charge is 0.292 e. The predicted octanol–water partition coefficient (Wildman–Crippen LogP) is 3.91. The molecule has 0 saturated heterocycles. The number of pyridine rings is 1. The summed E-state index contributed by atoms with van der Waals surface area (Å²) in [5.74, 6) is 0.0330. The van der Waals surface area contributed by atoms with Crippen molar-refractivity contribution in [2.45, 2.75) is 33.1 Å². The number of rotatable bonds is 9. The van der Waals surface area contributed by atoms with Crippen LogP contribution in [0.25, 0.3) is 5.52 Å². The minimum Gasteiger partial charge on any atom is -0.492 e. The maximum Gasteiger partial charge on any atom is 0.292 e. The number of benzene rings is 1. The average Bonchev–Trinajstić information content (AvgIpc) is 3.13. The summed E-state index contributed by atoms with van der Waals surface area (Å²) in [6.07, 6.45) is 4.77. The fourth-order valence-corrected chi connectivity index (χ4v) is 3.06. The summed E-state index contributed by atoms with van der Waals surface area (Å²) in [7, 11) is 0. The van der Waals surface area contributed by atoms with Crippen molar-refractivity contribution in [1.82, 2.24) is 14.7 Å². The molecule has 0 fully saturated rings. The number of carbonyl (C=O) groups is 2. The Balaban J connectivity index is 1.86. The predicted molar refractivity (Wildman–Crippen MR) is 113 cm³/mol. The third kappa shape index (κ3) is 4.74. The van der Waals surface area contributed by atoms with E-state index in [9.17, 15) is 9.59 Å². The topological polar surface area (TPSA) is 84.7 Å². The molecule has 3 aromatic rings. The summed E-state index contributed by atoms with van der Waals surface area (Å²) < 4.78 is 7.19. The second kappa shape index (κ2) is 9.73. The van der Waals surface area contributed by atoms with Crippen LogP contribution in [-0.2, 0) is 0 Å². The third-order valence-corrected chi connectivity index (χ3v) is 4.47. The summed E-state index contributed by atoms with van der Waals surface area (Å²) in [4.78, 5) is 29.9. The molecule has 2 N–H and O–H groups in total. The van der Waals surface area contributed by atoms with Crippen LogP contribution in [0, 0.1) is 0 Å². The van der Waals surface area contributed by atoms with E-state index in [1.165, 1.54) is 0 Å². The molecular weight excluding hydrogens is 368 g/mol. The lowest BCUT2D eigenvalue weighted by atomic mass is 10.2. The molecule has 0 bridgehead atoms. The number of hydrogen-bond acceptors (Lipinski definition) is 4. The van der Waals surface area contributed by atoms with Crippen LogP contribution in [0.5, 0.6) is 5.75 Å². The number of anilines is 1. The van der Waals surface area contributed by atoms with E-state index >= 15 is 0 Å². The Labute approximate surface area is 170 Å². The van der Waals surface area contributed by atoms with Gasteiger partial charge in [0, 0.05) is 12.7 Å². The Morgan fingerprint density at radius 1 is 1.03 bits per heavy atom. The first-order valence-electron chi connectivity index (χ1n) is 9.94. The van der Waals surface area contributed by atoms with Crippen molar-refractivity contribution in [2.24, 2.45) is 0 Å². The van der Waals surface area contributed by atoms with E-state index in [1.807, 2.05) is 25.1 Å². The number of unbranched alkanes of at least 4 members (excludes halogenated alkanes) is 2. The number of aromatic nitrogens is 2. The van der Waals surface area contributed by atoms with Crippen molar-refractivity contribution in [1.29, 1.82) is 0 Å². The van der Waals surface area contributed by atoms with Crippen molar-refractivity contribution >= 4 is 23.0 Å². The summed E-state index contributed by atoms with van der Waals surface area (Å²) >= 11 is 0. The normalized spacial score (nSPS) is 10.7. The van der Waals surface area contributed by atoms with E-state index in [0.717, 1.165) is 19.3 Å². The van der Waals surface area contributed by atoms with E-state index in [4.69, 9.17) is 4.74 Å². The molecule has 0 spiro atoms. The standard InChI is InChI=1S/C22H26N4O3/c1-3-5-9-14-23-21(27)19-17-12-8-10-15-26(17)20(25-19)22(28)24-16-11-6-7-13-18(16)29-4-2/h6-8,10-13,15H,3-5,9,14H2,1-2H3,(H,23,27)(H,24,28). The molecule has 0 aliphatic carbocycles. The van der Waals surface area contributed by atoms with Gasteiger partial charge in [0.05, 0.1) is 17.8 Å². The van der Waals surface area contributed by atoms with Gasteiger partial charge in [0.2, 0.25) is 5.82 Å². The highest BCUT2D eigenvalue weighted by atomic mass is 16.5. The maximum atomic E-state index is 12.9. The molecule has 0 radical (unpaired) electrons. The molecule has 0 atom stereocenters. The zero-order chi connectivity index (χ0) is 20.6. The maximum absolute atomic E-state index is 12.9. The van der Waals surface area contributed by atoms with Crippen molar-refractivity contribution < 1.29 is 14.3 Å². The first-order valence-corrected chi connectivity index (χ1v) is 9.94. The number of amides is 2. The molecular formula is C22H26N4O3. The summed E-state index contributed by atoms with van der Waals surface area (Å²) in [6.45, 7) is 5.06. The molecule has 0 aliphatic rings. The van der Waals surface area contributed by atoms with Crippen LogP contribution in [0.4, 0.5) is 5.69 Å². The van der Waals surface area contributed by atoms with Gasteiger partial charge in [-0.2, -0.15) is 0 Å². The Bertz CT molecular complexity index is 997. The van der Waals surface area contributed by atoms with Crippen molar-refractivity contribution in [3.63, 3.8) is 0 Å². The summed E-state index contributed by atoms with van der Waals surface area (Å²) in [5, 5.41) is 5.72. The molecule has 29 heavy (non-hydrogen) atoms. The number of fused-ring (bicyclic) bond motifs is 1. The number of carbonyl (C=O) groups excluding carboxylic acids is 2. The fraction of sp³-hybridized carbons (Fsp3) is 0.318. The van der Waals surface area contributed by atoms with E-state index in [0.29, 0.717) is 30.1 Å². The molecule has 2 amide bonds. The second-order valence-electron chi connectivity index (χ2n) is 6.59. The number of ether oxygens (including phenoxy) is 1. The Morgan fingerprint density at radius 2 is 1.83 bits per heavy atom. The minimum atomic E-state index is -0.414. The van der Waals surface area contributed by atoms with Crippen LogP contribution in [0.15, 0.2) is 48.7 Å². The van der Waals surface area contributed by atoms with Gasteiger partial charge in [-0.05, 0) is 37.6 Å². The highest BCUT2D eigenvalue weighted by Gasteiger charge is 2.22. The number of nitrogens with zero attached hydrogens (tertiary/aromatic N) is 2. The highest BCUT2D eigenvalue weighted by molar-refractivity contribution is 6.06. The van der Waals surface area contributed by atoms with Gasteiger partial charge in [0.25, 0.3) is 11.8 Å². The lowest BCUT2D eigenvalue weighted by molar-refractivity contribution is 0.0950. The highest BCUT2D eigenvalue weighted by Crippen LogP contribution is 2.24. The third-order valence-electron chi connectivity index (χ3n) is 4.47. The first-order chi connectivity index (χ1) is 14.2. The molecule has 7 heteroatoms. The van der Waals surface area contributed by atoms with Crippen molar-refractivity contribution in [3.05, 3.63) is 60.2 Å². The lowest BCUT2D eigenvalue weighted by Gasteiger charge is -2.10. The van der Waals surface area contributed by atoms with Gasteiger partial charge in [-0.1, -0.05) is 38.0 Å². The van der Waals surface area contributed by atoms with E-state index in [-0.39, 0.29) is 17.4 Å². The molecule has 0 unspecified atom stereocenters. The Kier molecular flexibility index (Phi) is 6.84. The van der Waals surface area contributed by atoms with Crippen molar-refractivity contribution in [2.75, 3.05) is 18.5 Å². The number of imidazole rings is 1. The van der Waals surface area contributed by atoms with Crippen LogP contribution < -0.4 is 15.4 Å². The molecule has 1 aromatic carbocycles. The summed E-state index contributed by atoms with van der Waals surface area (Å²) in [5.41, 5.74) is 1.38. The fourth-order valence-electron chi connectivity index (χ4n) is 3.06. The lowest BCUT2D eigenvalue weighted by Crippen LogP contribution is -2.25. The van der Waals surface area contributed by atoms with Gasteiger partial charge in [0.1, 0.15) is 5.75 Å². The zero-order valence-electron chi connectivity index (χ0n) is 16.8.